The number of para-hydroxylation sites is 1. The van der Waals surface area contributed by atoms with E-state index in [2.05, 4.69) is 0 Å². The van der Waals surface area contributed by atoms with Gasteiger partial charge in [0.1, 0.15) is 5.75 Å². The second-order valence-electron chi connectivity index (χ2n) is 4.59. The van der Waals surface area contributed by atoms with Crippen molar-refractivity contribution in [3.05, 3.63) is 48.0 Å². The van der Waals surface area contributed by atoms with Gasteiger partial charge in [-0.2, -0.15) is 0 Å². The topological polar surface area (TPSA) is 61.5 Å². The van der Waals surface area contributed by atoms with Crippen molar-refractivity contribution < 1.29 is 14.3 Å². The van der Waals surface area contributed by atoms with Crippen LogP contribution >= 0.6 is 0 Å². The molecule has 0 amide bonds. The molecule has 1 atom stereocenters. The number of nitrogen functional groups attached to an aromatic ring is 1. The molecule has 20 heavy (non-hydrogen) atoms. The molecule has 1 heterocycles. The summed E-state index contributed by atoms with van der Waals surface area (Å²) in [6, 6.07) is 13.1. The van der Waals surface area contributed by atoms with Crippen molar-refractivity contribution in [2.45, 2.75) is 13.0 Å². The van der Waals surface area contributed by atoms with E-state index in [9.17, 15) is 4.79 Å². The molecule has 2 aromatic rings. The van der Waals surface area contributed by atoms with Gasteiger partial charge in [-0.1, -0.05) is 24.3 Å². The number of carbonyl (C=O) groups is 1. The fraction of sp³-hybridized carbons (Fsp3) is 0.188. The van der Waals surface area contributed by atoms with Gasteiger partial charge in [-0.15, -0.1) is 0 Å². The Hall–Kier alpha value is -2.49. The number of nitrogens with two attached hydrogens (primary N) is 1. The molecule has 0 bridgehead atoms. The molecule has 0 saturated carbocycles. The molecule has 0 aromatic heterocycles. The summed E-state index contributed by atoms with van der Waals surface area (Å²) in [5.74, 6) is 0.289. The van der Waals surface area contributed by atoms with E-state index in [-0.39, 0.29) is 0 Å². The van der Waals surface area contributed by atoms with Crippen LogP contribution in [0.4, 0.5) is 5.69 Å². The average molecular weight is 269 g/mol. The fourth-order valence-electron chi connectivity index (χ4n) is 2.42. The van der Waals surface area contributed by atoms with Crippen molar-refractivity contribution >= 4 is 11.7 Å². The Labute approximate surface area is 117 Å². The number of fused-ring (bicyclic) bond motifs is 3. The standard InChI is InChI=1S/C16H15NO3/c1-2-19-16(18)15-13-9-10(17)7-8-11(13)12-5-3-4-6-14(12)20-15/h3-9,15H,2,17H2,1H3. The normalized spacial score (nSPS) is 15.8. The highest BCUT2D eigenvalue weighted by Crippen LogP contribution is 2.43. The van der Waals surface area contributed by atoms with Crippen molar-refractivity contribution in [1.82, 2.24) is 0 Å². The van der Waals surface area contributed by atoms with Crippen molar-refractivity contribution in [3.8, 4) is 16.9 Å². The lowest BCUT2D eigenvalue weighted by molar-refractivity contribution is -0.151. The van der Waals surface area contributed by atoms with Crippen LogP contribution in [0.3, 0.4) is 0 Å². The van der Waals surface area contributed by atoms with Crippen LogP contribution < -0.4 is 10.5 Å². The van der Waals surface area contributed by atoms with Gasteiger partial charge in [-0.05, 0) is 30.7 Å². The highest BCUT2D eigenvalue weighted by molar-refractivity contribution is 5.86. The van der Waals surface area contributed by atoms with E-state index in [0.717, 1.165) is 16.7 Å². The third-order valence-electron chi connectivity index (χ3n) is 3.28. The number of benzene rings is 2. The molecule has 1 aliphatic heterocycles. The third-order valence-corrected chi connectivity index (χ3v) is 3.28. The molecule has 0 radical (unpaired) electrons. The van der Waals surface area contributed by atoms with Crippen molar-refractivity contribution in [3.63, 3.8) is 0 Å². The maximum atomic E-state index is 12.1. The highest BCUT2D eigenvalue weighted by Gasteiger charge is 2.32. The molecular weight excluding hydrogens is 254 g/mol. The van der Waals surface area contributed by atoms with E-state index >= 15 is 0 Å². The van der Waals surface area contributed by atoms with Crippen LogP contribution in [0, 0.1) is 0 Å². The van der Waals surface area contributed by atoms with Gasteiger partial charge in [-0.25, -0.2) is 4.79 Å². The molecule has 102 valence electrons. The number of hydrogen-bond acceptors (Lipinski definition) is 4. The van der Waals surface area contributed by atoms with Crippen molar-refractivity contribution in [1.29, 1.82) is 0 Å². The molecule has 0 spiro atoms. The van der Waals surface area contributed by atoms with Crippen LogP contribution in [0.5, 0.6) is 5.75 Å². The first kappa shape index (κ1) is 12.5. The molecule has 3 rings (SSSR count). The molecule has 2 N–H and O–H groups in total. The summed E-state index contributed by atoms with van der Waals surface area (Å²) in [6.07, 6.45) is -0.761. The first-order valence-electron chi connectivity index (χ1n) is 6.53. The average Bonchev–Trinajstić information content (AvgIpc) is 2.46. The second kappa shape index (κ2) is 4.89. The van der Waals surface area contributed by atoms with E-state index in [1.165, 1.54) is 0 Å². The zero-order valence-electron chi connectivity index (χ0n) is 11.1. The first-order chi connectivity index (χ1) is 9.70. The van der Waals surface area contributed by atoms with E-state index in [0.29, 0.717) is 18.0 Å². The molecule has 1 unspecified atom stereocenters. The van der Waals surface area contributed by atoms with E-state index in [1.54, 1.807) is 13.0 Å². The number of carbonyl (C=O) groups excluding carboxylic acids is 1. The molecule has 0 saturated heterocycles. The largest absolute Gasteiger partial charge is 0.473 e. The number of ether oxygens (including phenoxy) is 2. The minimum Gasteiger partial charge on any atom is -0.473 e. The monoisotopic (exact) mass is 269 g/mol. The molecule has 0 aliphatic carbocycles. The Balaban J connectivity index is 2.15. The third kappa shape index (κ3) is 1.99. The number of rotatable bonds is 2. The maximum absolute atomic E-state index is 12.1. The van der Waals surface area contributed by atoms with E-state index in [4.69, 9.17) is 15.2 Å². The van der Waals surface area contributed by atoms with Gasteiger partial charge >= 0.3 is 5.97 Å². The summed E-state index contributed by atoms with van der Waals surface area (Å²) in [4.78, 5) is 12.1. The Morgan fingerprint density at radius 3 is 2.85 bits per heavy atom. The van der Waals surface area contributed by atoms with Crippen LogP contribution in [0.15, 0.2) is 42.5 Å². The lowest BCUT2D eigenvalue weighted by Gasteiger charge is -2.27. The molecule has 2 aromatic carbocycles. The van der Waals surface area contributed by atoms with Crippen LogP contribution in [0.1, 0.15) is 18.6 Å². The van der Waals surface area contributed by atoms with E-state index < -0.39 is 12.1 Å². The lowest BCUT2D eigenvalue weighted by atomic mass is 9.92. The lowest BCUT2D eigenvalue weighted by Crippen LogP contribution is -2.24. The van der Waals surface area contributed by atoms with Gasteiger partial charge in [0.2, 0.25) is 6.10 Å². The summed E-state index contributed by atoms with van der Waals surface area (Å²) in [5, 5.41) is 0. The summed E-state index contributed by atoms with van der Waals surface area (Å²) in [7, 11) is 0. The van der Waals surface area contributed by atoms with Crippen LogP contribution in [0.2, 0.25) is 0 Å². The Morgan fingerprint density at radius 2 is 2.05 bits per heavy atom. The summed E-state index contributed by atoms with van der Waals surface area (Å²) >= 11 is 0. The van der Waals surface area contributed by atoms with Gasteiger partial charge in [0.05, 0.1) is 6.61 Å². The van der Waals surface area contributed by atoms with Crippen LogP contribution in [-0.4, -0.2) is 12.6 Å². The minimum absolute atomic E-state index is 0.317. The molecule has 1 aliphatic rings. The van der Waals surface area contributed by atoms with Crippen LogP contribution in [-0.2, 0) is 9.53 Å². The smallest absolute Gasteiger partial charge is 0.352 e. The highest BCUT2D eigenvalue weighted by atomic mass is 16.6. The second-order valence-corrected chi connectivity index (χ2v) is 4.59. The van der Waals surface area contributed by atoms with Crippen molar-refractivity contribution in [2.75, 3.05) is 12.3 Å². The summed E-state index contributed by atoms with van der Waals surface area (Å²) in [6.45, 7) is 2.09. The van der Waals surface area contributed by atoms with Gasteiger partial charge in [-0.3, -0.25) is 0 Å². The SMILES string of the molecule is CCOC(=O)C1Oc2ccccc2-c2ccc(N)cc21. The maximum Gasteiger partial charge on any atom is 0.352 e. The fourth-order valence-corrected chi connectivity index (χ4v) is 2.42. The predicted octanol–water partition coefficient (Wildman–Crippen LogP) is 2.93. The van der Waals surface area contributed by atoms with Crippen molar-refractivity contribution in [2.24, 2.45) is 0 Å². The summed E-state index contributed by atoms with van der Waals surface area (Å²) in [5.41, 5.74) is 9.10. The Bertz CT molecular complexity index is 667. The first-order valence-corrected chi connectivity index (χ1v) is 6.53. The molecule has 0 fully saturated rings. The minimum atomic E-state index is -0.761. The summed E-state index contributed by atoms with van der Waals surface area (Å²) < 4.78 is 10.9. The van der Waals surface area contributed by atoms with Gasteiger partial charge in [0.15, 0.2) is 0 Å². The van der Waals surface area contributed by atoms with Gasteiger partial charge in [0.25, 0.3) is 0 Å². The zero-order chi connectivity index (χ0) is 14.1. The molecule has 4 heteroatoms. The Kier molecular flexibility index (Phi) is 3.06. The number of hydrogen-bond donors (Lipinski definition) is 1. The number of anilines is 1. The quantitative estimate of drug-likeness (QED) is 0.672. The Morgan fingerprint density at radius 1 is 1.25 bits per heavy atom. The van der Waals surface area contributed by atoms with Gasteiger partial charge < -0.3 is 15.2 Å². The van der Waals surface area contributed by atoms with Gasteiger partial charge in [0, 0.05) is 16.8 Å². The van der Waals surface area contributed by atoms with Crippen LogP contribution in [0.25, 0.3) is 11.1 Å². The number of esters is 1. The van der Waals surface area contributed by atoms with E-state index in [1.807, 2.05) is 36.4 Å². The predicted molar refractivity (Wildman–Crippen MR) is 76.3 cm³/mol. The molecule has 4 nitrogen and oxygen atoms in total. The zero-order valence-corrected chi connectivity index (χ0v) is 11.1. The molecular formula is C16H15NO3.